The number of halogens is 1. The summed E-state index contributed by atoms with van der Waals surface area (Å²) in [6.07, 6.45) is 0.206. The SMILES string of the molecule is Cc1ccc(C(=O)NS(=O)(=O)c2cccc(OC(C)c3ccccc3F)n2)c(N2CC(C)CC2(C)C)n1. The molecule has 1 N–H and O–H groups in total. The van der Waals surface area contributed by atoms with Crippen molar-refractivity contribution in [2.45, 2.75) is 57.7 Å². The first-order valence-electron chi connectivity index (χ1n) is 12.1. The first-order valence-corrected chi connectivity index (χ1v) is 13.6. The molecule has 2 aromatic heterocycles. The second-order valence-corrected chi connectivity index (χ2v) is 11.7. The number of amides is 1. The number of aromatic nitrogens is 2. The fraction of sp³-hybridized carbons (Fsp3) is 0.370. The monoisotopic (exact) mass is 526 g/mol. The van der Waals surface area contributed by atoms with Gasteiger partial charge in [-0.3, -0.25) is 4.79 Å². The zero-order chi connectivity index (χ0) is 27.0. The lowest BCUT2D eigenvalue weighted by Gasteiger charge is -2.33. The van der Waals surface area contributed by atoms with Gasteiger partial charge in [-0.1, -0.05) is 31.2 Å². The number of sulfonamides is 1. The number of nitrogens with zero attached hydrogens (tertiary/aromatic N) is 3. The Bertz CT molecular complexity index is 1430. The van der Waals surface area contributed by atoms with Crippen molar-refractivity contribution in [3.63, 3.8) is 0 Å². The van der Waals surface area contributed by atoms with Gasteiger partial charge in [0.05, 0.1) is 5.56 Å². The minimum absolute atomic E-state index is 0.0171. The number of hydrogen-bond acceptors (Lipinski definition) is 7. The molecule has 1 amide bonds. The number of nitrogens with one attached hydrogen (secondary N) is 1. The van der Waals surface area contributed by atoms with E-state index in [9.17, 15) is 17.6 Å². The maximum atomic E-state index is 14.1. The molecule has 1 aliphatic heterocycles. The number of rotatable bonds is 7. The average Bonchev–Trinajstić information content (AvgIpc) is 3.10. The van der Waals surface area contributed by atoms with Crippen molar-refractivity contribution in [3.05, 3.63) is 77.2 Å². The summed E-state index contributed by atoms with van der Waals surface area (Å²) in [6, 6.07) is 13.6. The van der Waals surface area contributed by atoms with E-state index < -0.39 is 32.9 Å². The van der Waals surface area contributed by atoms with Crippen LogP contribution in [0.25, 0.3) is 0 Å². The number of hydrogen-bond donors (Lipinski definition) is 1. The van der Waals surface area contributed by atoms with Gasteiger partial charge in [0.15, 0.2) is 5.03 Å². The van der Waals surface area contributed by atoms with E-state index in [1.165, 1.54) is 24.3 Å². The van der Waals surface area contributed by atoms with Crippen molar-refractivity contribution >= 4 is 21.7 Å². The highest BCUT2D eigenvalue weighted by molar-refractivity contribution is 7.90. The van der Waals surface area contributed by atoms with Crippen LogP contribution in [0.1, 0.15) is 61.8 Å². The Balaban J connectivity index is 1.58. The second kappa shape index (κ2) is 10.1. The van der Waals surface area contributed by atoms with E-state index in [4.69, 9.17) is 4.74 Å². The van der Waals surface area contributed by atoms with Gasteiger partial charge in [0.2, 0.25) is 5.88 Å². The van der Waals surface area contributed by atoms with Crippen molar-refractivity contribution in [2.75, 3.05) is 11.4 Å². The number of carbonyl (C=O) groups excluding carboxylic acids is 1. The summed E-state index contributed by atoms with van der Waals surface area (Å²) in [5.41, 5.74) is 0.956. The average molecular weight is 527 g/mol. The van der Waals surface area contributed by atoms with Crippen LogP contribution < -0.4 is 14.4 Å². The Kier molecular flexibility index (Phi) is 7.23. The molecule has 2 unspecified atom stereocenters. The van der Waals surface area contributed by atoms with Crippen molar-refractivity contribution in [2.24, 2.45) is 5.92 Å². The highest BCUT2D eigenvalue weighted by Gasteiger charge is 2.39. The summed E-state index contributed by atoms with van der Waals surface area (Å²) in [5.74, 6) is -0.409. The van der Waals surface area contributed by atoms with Gasteiger partial charge in [0, 0.05) is 29.4 Å². The minimum Gasteiger partial charge on any atom is -0.470 e. The zero-order valence-corrected chi connectivity index (χ0v) is 22.3. The maximum Gasteiger partial charge on any atom is 0.281 e. The van der Waals surface area contributed by atoms with Gasteiger partial charge < -0.3 is 9.64 Å². The highest BCUT2D eigenvalue weighted by atomic mass is 32.2. The van der Waals surface area contributed by atoms with Crippen LogP contribution >= 0.6 is 0 Å². The largest absolute Gasteiger partial charge is 0.470 e. The Morgan fingerprint density at radius 3 is 2.54 bits per heavy atom. The molecular formula is C27H31FN4O4S. The van der Waals surface area contributed by atoms with Crippen molar-refractivity contribution in [1.82, 2.24) is 14.7 Å². The van der Waals surface area contributed by atoms with Gasteiger partial charge in [0.1, 0.15) is 17.7 Å². The Morgan fingerprint density at radius 1 is 1.14 bits per heavy atom. The third-order valence-electron chi connectivity index (χ3n) is 6.43. The number of pyridine rings is 2. The van der Waals surface area contributed by atoms with E-state index in [0.29, 0.717) is 23.8 Å². The lowest BCUT2D eigenvalue weighted by molar-refractivity contribution is 0.0981. The van der Waals surface area contributed by atoms with Crippen molar-refractivity contribution in [3.8, 4) is 5.88 Å². The molecule has 196 valence electrons. The first kappa shape index (κ1) is 26.5. The molecule has 0 radical (unpaired) electrons. The van der Waals surface area contributed by atoms with Gasteiger partial charge in [0.25, 0.3) is 15.9 Å². The highest BCUT2D eigenvalue weighted by Crippen LogP contribution is 2.37. The molecule has 2 atom stereocenters. The molecule has 3 heterocycles. The molecule has 37 heavy (non-hydrogen) atoms. The molecule has 10 heteroatoms. The normalized spacial score (nSPS) is 17.9. The molecule has 0 bridgehead atoms. The predicted octanol–water partition coefficient (Wildman–Crippen LogP) is 4.81. The molecule has 0 spiro atoms. The van der Waals surface area contributed by atoms with Crippen LogP contribution in [0.5, 0.6) is 5.88 Å². The lowest BCUT2D eigenvalue weighted by Crippen LogP contribution is -2.41. The standard InChI is InChI=1S/C27H31FN4O4S/c1-17-15-27(4,5)32(16-17)25-21(14-13-18(2)29-25)26(33)31-37(34,35)24-12-8-11-23(30-24)36-19(3)20-9-6-7-10-22(20)28/h6-14,17,19H,15-16H2,1-5H3,(H,31,33). The smallest absolute Gasteiger partial charge is 0.281 e. The Labute approximate surface area is 217 Å². The molecular weight excluding hydrogens is 495 g/mol. The summed E-state index contributed by atoms with van der Waals surface area (Å²) in [4.78, 5) is 24.0. The van der Waals surface area contributed by atoms with Crippen LogP contribution in [-0.2, 0) is 10.0 Å². The number of carbonyl (C=O) groups is 1. The van der Waals surface area contributed by atoms with E-state index in [1.807, 2.05) is 6.92 Å². The molecule has 1 saturated heterocycles. The summed E-state index contributed by atoms with van der Waals surface area (Å²) in [6.45, 7) is 10.5. The van der Waals surface area contributed by atoms with Crippen molar-refractivity contribution in [1.29, 1.82) is 0 Å². The van der Waals surface area contributed by atoms with E-state index in [1.54, 1.807) is 37.3 Å². The van der Waals surface area contributed by atoms with Crippen LogP contribution in [0.15, 0.2) is 59.6 Å². The van der Waals surface area contributed by atoms with Gasteiger partial charge in [-0.05, 0) is 64.3 Å². The Hall–Kier alpha value is -3.53. The third-order valence-corrected chi connectivity index (χ3v) is 7.66. The van der Waals surface area contributed by atoms with Crippen molar-refractivity contribution < 1.29 is 22.3 Å². The van der Waals surface area contributed by atoms with Gasteiger partial charge in [-0.25, -0.2) is 14.1 Å². The molecule has 0 saturated carbocycles. The van der Waals surface area contributed by atoms with E-state index in [0.717, 1.165) is 12.1 Å². The quantitative estimate of drug-likeness (QED) is 0.472. The topological polar surface area (TPSA) is 101 Å². The number of ether oxygens (including phenoxy) is 1. The predicted molar refractivity (Wildman–Crippen MR) is 139 cm³/mol. The summed E-state index contributed by atoms with van der Waals surface area (Å²) in [7, 11) is -4.34. The fourth-order valence-corrected chi connectivity index (χ4v) is 5.70. The lowest BCUT2D eigenvalue weighted by atomic mass is 9.97. The molecule has 1 aliphatic rings. The van der Waals surface area contributed by atoms with Crippen LogP contribution in [0.4, 0.5) is 10.2 Å². The first-order chi connectivity index (χ1) is 17.4. The zero-order valence-electron chi connectivity index (χ0n) is 21.5. The fourth-order valence-electron chi connectivity index (χ4n) is 4.78. The van der Waals surface area contributed by atoms with E-state index >= 15 is 0 Å². The van der Waals surface area contributed by atoms with Crippen LogP contribution in [-0.4, -0.2) is 36.4 Å². The molecule has 4 rings (SSSR count). The van der Waals surface area contributed by atoms with Crippen LogP contribution in [0.2, 0.25) is 0 Å². The summed E-state index contributed by atoms with van der Waals surface area (Å²) < 4.78 is 48.1. The summed E-state index contributed by atoms with van der Waals surface area (Å²) in [5, 5.41) is -0.393. The maximum absolute atomic E-state index is 14.1. The van der Waals surface area contributed by atoms with Gasteiger partial charge in [-0.15, -0.1) is 0 Å². The Morgan fingerprint density at radius 2 is 1.86 bits per heavy atom. The van der Waals surface area contributed by atoms with Crippen LogP contribution in [0, 0.1) is 18.7 Å². The molecule has 8 nitrogen and oxygen atoms in total. The third kappa shape index (κ3) is 5.74. The van der Waals surface area contributed by atoms with Gasteiger partial charge >= 0.3 is 0 Å². The molecule has 1 fully saturated rings. The number of aryl methyl sites for hydroxylation is 1. The number of benzene rings is 1. The van der Waals surface area contributed by atoms with Crippen LogP contribution in [0.3, 0.4) is 0 Å². The molecule has 3 aromatic rings. The second-order valence-electron chi connectivity index (χ2n) is 10.1. The van der Waals surface area contributed by atoms with Gasteiger partial charge in [-0.2, -0.15) is 13.4 Å². The molecule has 1 aromatic carbocycles. The summed E-state index contributed by atoms with van der Waals surface area (Å²) >= 11 is 0. The molecule has 0 aliphatic carbocycles. The number of anilines is 1. The van der Waals surface area contributed by atoms with E-state index in [2.05, 4.69) is 40.4 Å². The van der Waals surface area contributed by atoms with E-state index in [-0.39, 0.29) is 17.0 Å². The minimum atomic E-state index is -4.34.